The van der Waals surface area contributed by atoms with E-state index in [-0.39, 0.29) is 0 Å². The first-order valence-electron chi connectivity index (χ1n) is 7.10. The predicted molar refractivity (Wildman–Crippen MR) is 102 cm³/mol. The molecule has 3 aromatic rings. The number of rotatable bonds is 2. The van der Waals surface area contributed by atoms with Gasteiger partial charge in [-0.3, -0.25) is 0 Å². The minimum atomic E-state index is 0.973. The Morgan fingerprint density at radius 3 is 2.50 bits per heavy atom. The molecule has 3 nitrogen and oxygen atoms in total. The molecule has 0 aliphatic carbocycles. The standard InChI is InChI=1S/C17H13BrIN3/c18-12-3-1-11(2-4-12)16-15-9-10-20-17(15)22(21-16)14-7-5-13(19)6-8-14/h1-8,20H,9-10H2. The maximum absolute atomic E-state index is 4.87. The van der Waals surface area contributed by atoms with Crippen LogP contribution in [0, 0.1) is 3.57 Å². The highest BCUT2D eigenvalue weighted by atomic mass is 127. The highest BCUT2D eigenvalue weighted by Crippen LogP contribution is 2.34. The van der Waals surface area contributed by atoms with Crippen LogP contribution < -0.4 is 5.32 Å². The first-order valence-corrected chi connectivity index (χ1v) is 8.97. The number of anilines is 1. The fourth-order valence-corrected chi connectivity index (χ4v) is 3.41. The van der Waals surface area contributed by atoms with Gasteiger partial charge in [0.25, 0.3) is 0 Å². The van der Waals surface area contributed by atoms with Crippen LogP contribution in [0.5, 0.6) is 0 Å². The predicted octanol–water partition coefficient (Wildman–Crippen LogP) is 4.87. The summed E-state index contributed by atoms with van der Waals surface area (Å²) in [6.45, 7) is 0.973. The third-order valence-electron chi connectivity index (χ3n) is 3.84. The molecule has 0 spiro atoms. The Balaban J connectivity index is 1.86. The maximum Gasteiger partial charge on any atom is 0.133 e. The quantitative estimate of drug-likeness (QED) is 0.547. The zero-order chi connectivity index (χ0) is 15.1. The van der Waals surface area contributed by atoms with Crippen LogP contribution in [0.3, 0.4) is 0 Å². The molecule has 1 aliphatic rings. The average molecular weight is 466 g/mol. The molecular formula is C17H13BrIN3. The minimum Gasteiger partial charge on any atom is -0.369 e. The van der Waals surface area contributed by atoms with Crippen LogP contribution in [0.2, 0.25) is 0 Å². The molecular weight excluding hydrogens is 453 g/mol. The molecule has 2 heterocycles. The van der Waals surface area contributed by atoms with E-state index in [0.717, 1.165) is 40.2 Å². The summed E-state index contributed by atoms with van der Waals surface area (Å²) in [5.41, 5.74) is 4.63. The van der Waals surface area contributed by atoms with E-state index in [1.807, 2.05) is 4.68 Å². The van der Waals surface area contributed by atoms with Crippen LogP contribution in [0.1, 0.15) is 5.56 Å². The molecule has 0 fully saturated rings. The molecule has 1 N–H and O–H groups in total. The van der Waals surface area contributed by atoms with Crippen molar-refractivity contribution in [1.82, 2.24) is 9.78 Å². The van der Waals surface area contributed by atoms with Crippen molar-refractivity contribution in [1.29, 1.82) is 0 Å². The first-order chi connectivity index (χ1) is 10.7. The molecule has 2 aromatic carbocycles. The number of aromatic nitrogens is 2. The average Bonchev–Trinajstić information content (AvgIpc) is 3.12. The Bertz CT molecular complexity index is 754. The number of halogens is 2. The van der Waals surface area contributed by atoms with Gasteiger partial charge in [-0.15, -0.1) is 0 Å². The smallest absolute Gasteiger partial charge is 0.133 e. The van der Waals surface area contributed by atoms with Gasteiger partial charge in [0.2, 0.25) is 0 Å². The molecule has 110 valence electrons. The second-order valence-electron chi connectivity index (χ2n) is 5.25. The fourth-order valence-electron chi connectivity index (χ4n) is 2.78. The zero-order valence-corrected chi connectivity index (χ0v) is 15.4. The van der Waals surface area contributed by atoms with Gasteiger partial charge in [-0.1, -0.05) is 28.1 Å². The molecule has 0 saturated heterocycles. The summed E-state index contributed by atoms with van der Waals surface area (Å²) in [4.78, 5) is 0. The Kier molecular flexibility index (Phi) is 3.69. The van der Waals surface area contributed by atoms with Crippen LogP contribution in [-0.2, 0) is 6.42 Å². The van der Waals surface area contributed by atoms with E-state index in [1.165, 1.54) is 9.13 Å². The van der Waals surface area contributed by atoms with E-state index >= 15 is 0 Å². The number of benzene rings is 2. The van der Waals surface area contributed by atoms with Crippen molar-refractivity contribution in [2.24, 2.45) is 0 Å². The third-order valence-corrected chi connectivity index (χ3v) is 5.09. The van der Waals surface area contributed by atoms with Crippen molar-refractivity contribution < 1.29 is 0 Å². The van der Waals surface area contributed by atoms with Crippen molar-refractivity contribution in [2.45, 2.75) is 6.42 Å². The molecule has 5 heteroatoms. The Morgan fingerprint density at radius 2 is 1.77 bits per heavy atom. The maximum atomic E-state index is 4.87. The van der Waals surface area contributed by atoms with Gasteiger partial charge in [-0.2, -0.15) is 5.10 Å². The van der Waals surface area contributed by atoms with E-state index in [9.17, 15) is 0 Å². The molecule has 0 radical (unpaired) electrons. The number of hydrogen-bond donors (Lipinski definition) is 1. The van der Waals surface area contributed by atoms with E-state index in [4.69, 9.17) is 5.10 Å². The molecule has 0 bridgehead atoms. The Morgan fingerprint density at radius 1 is 1.05 bits per heavy atom. The van der Waals surface area contributed by atoms with Gasteiger partial charge >= 0.3 is 0 Å². The molecule has 0 unspecified atom stereocenters. The lowest BCUT2D eigenvalue weighted by Crippen LogP contribution is -2.04. The lowest BCUT2D eigenvalue weighted by atomic mass is 10.1. The summed E-state index contributed by atoms with van der Waals surface area (Å²) in [6, 6.07) is 16.8. The summed E-state index contributed by atoms with van der Waals surface area (Å²) in [5, 5.41) is 8.34. The molecule has 0 atom stereocenters. The van der Waals surface area contributed by atoms with E-state index in [2.05, 4.69) is 92.4 Å². The number of nitrogens with zero attached hydrogens (tertiary/aromatic N) is 2. The van der Waals surface area contributed by atoms with Crippen LogP contribution in [0.4, 0.5) is 5.82 Å². The van der Waals surface area contributed by atoms with Crippen molar-refractivity contribution in [3.8, 4) is 16.9 Å². The number of nitrogens with one attached hydrogen (secondary N) is 1. The topological polar surface area (TPSA) is 29.9 Å². The first kappa shape index (κ1) is 14.3. The van der Waals surface area contributed by atoms with Crippen molar-refractivity contribution in [2.75, 3.05) is 11.9 Å². The monoisotopic (exact) mass is 465 g/mol. The molecule has 4 rings (SSSR count). The van der Waals surface area contributed by atoms with Crippen molar-refractivity contribution in [3.63, 3.8) is 0 Å². The highest BCUT2D eigenvalue weighted by Gasteiger charge is 2.23. The van der Waals surface area contributed by atoms with Crippen molar-refractivity contribution in [3.05, 3.63) is 62.1 Å². The summed E-state index contributed by atoms with van der Waals surface area (Å²) >= 11 is 5.81. The molecule has 0 amide bonds. The van der Waals surface area contributed by atoms with E-state index in [1.54, 1.807) is 0 Å². The fraction of sp³-hybridized carbons (Fsp3) is 0.118. The minimum absolute atomic E-state index is 0.973. The lowest BCUT2D eigenvalue weighted by molar-refractivity contribution is 0.882. The van der Waals surface area contributed by atoms with Gasteiger partial charge in [-0.05, 0) is 65.4 Å². The molecule has 1 aliphatic heterocycles. The number of hydrogen-bond acceptors (Lipinski definition) is 2. The SMILES string of the molecule is Brc1ccc(-c2nn(-c3ccc(I)cc3)c3c2CCN3)cc1. The van der Waals surface area contributed by atoms with Gasteiger partial charge in [0.15, 0.2) is 0 Å². The summed E-state index contributed by atoms with van der Waals surface area (Å²) in [7, 11) is 0. The summed E-state index contributed by atoms with van der Waals surface area (Å²) in [6.07, 6.45) is 1.02. The summed E-state index contributed by atoms with van der Waals surface area (Å²) in [5.74, 6) is 1.12. The van der Waals surface area contributed by atoms with Crippen LogP contribution in [0.25, 0.3) is 16.9 Å². The second kappa shape index (κ2) is 5.70. The Hall–Kier alpha value is -1.34. The Labute approximate surface area is 151 Å². The van der Waals surface area contributed by atoms with Gasteiger partial charge in [0.1, 0.15) is 5.82 Å². The highest BCUT2D eigenvalue weighted by molar-refractivity contribution is 14.1. The largest absolute Gasteiger partial charge is 0.369 e. The summed E-state index contributed by atoms with van der Waals surface area (Å²) < 4.78 is 4.34. The van der Waals surface area contributed by atoms with Crippen LogP contribution in [-0.4, -0.2) is 16.3 Å². The van der Waals surface area contributed by atoms with Crippen molar-refractivity contribution >= 4 is 44.3 Å². The van der Waals surface area contributed by atoms with Crippen LogP contribution >= 0.6 is 38.5 Å². The number of fused-ring (bicyclic) bond motifs is 1. The lowest BCUT2D eigenvalue weighted by Gasteiger charge is -2.06. The van der Waals surface area contributed by atoms with Gasteiger partial charge in [-0.25, -0.2) is 4.68 Å². The molecule has 0 saturated carbocycles. The van der Waals surface area contributed by atoms with Gasteiger partial charge in [0.05, 0.1) is 11.4 Å². The normalized spacial score (nSPS) is 13.0. The van der Waals surface area contributed by atoms with Gasteiger partial charge < -0.3 is 5.32 Å². The zero-order valence-electron chi connectivity index (χ0n) is 11.7. The van der Waals surface area contributed by atoms with Crippen LogP contribution in [0.15, 0.2) is 53.0 Å². The third kappa shape index (κ3) is 2.46. The van der Waals surface area contributed by atoms with E-state index < -0.39 is 0 Å². The van der Waals surface area contributed by atoms with E-state index in [0.29, 0.717) is 0 Å². The molecule has 22 heavy (non-hydrogen) atoms. The van der Waals surface area contributed by atoms with Gasteiger partial charge in [0, 0.05) is 25.7 Å². The molecule has 1 aromatic heterocycles. The second-order valence-corrected chi connectivity index (χ2v) is 7.41.